The minimum absolute atomic E-state index is 0.224. The lowest BCUT2D eigenvalue weighted by atomic mass is 10.1. The van der Waals surface area contributed by atoms with E-state index in [1.54, 1.807) is 23.6 Å². The fourth-order valence-corrected chi connectivity index (χ4v) is 2.71. The molecule has 0 unspecified atom stereocenters. The molecule has 2 rings (SSSR count). The highest BCUT2D eigenvalue weighted by molar-refractivity contribution is 7.14. The monoisotopic (exact) mass is 317 g/mol. The van der Waals surface area contributed by atoms with E-state index >= 15 is 0 Å². The van der Waals surface area contributed by atoms with E-state index in [9.17, 15) is 9.59 Å². The molecule has 2 aromatic rings. The molecule has 1 heterocycles. The Morgan fingerprint density at radius 1 is 1.14 bits per heavy atom. The van der Waals surface area contributed by atoms with Gasteiger partial charge in [0, 0.05) is 18.7 Å². The summed E-state index contributed by atoms with van der Waals surface area (Å²) in [4.78, 5) is 24.2. The maximum atomic E-state index is 12.2. The van der Waals surface area contributed by atoms with Crippen LogP contribution in [-0.2, 0) is 6.42 Å². The quantitative estimate of drug-likeness (QED) is 0.764. The summed E-state index contributed by atoms with van der Waals surface area (Å²) >= 11 is 1.32. The Bertz CT molecular complexity index is 650. The summed E-state index contributed by atoms with van der Waals surface area (Å²) in [6.07, 6.45) is 0.929. The zero-order chi connectivity index (χ0) is 15.9. The van der Waals surface area contributed by atoms with Gasteiger partial charge < -0.3 is 16.4 Å². The second kappa shape index (κ2) is 7.72. The van der Waals surface area contributed by atoms with Gasteiger partial charge in [0.2, 0.25) is 0 Å². The van der Waals surface area contributed by atoms with Crippen LogP contribution in [0, 0.1) is 0 Å². The number of carbonyl (C=O) groups excluding carboxylic acids is 2. The van der Waals surface area contributed by atoms with Gasteiger partial charge >= 0.3 is 0 Å². The van der Waals surface area contributed by atoms with E-state index in [1.165, 1.54) is 16.9 Å². The molecule has 5 nitrogen and oxygen atoms in total. The number of rotatable bonds is 6. The molecule has 0 atom stereocenters. The van der Waals surface area contributed by atoms with Gasteiger partial charge in [-0.25, -0.2) is 0 Å². The van der Waals surface area contributed by atoms with Gasteiger partial charge in [-0.3, -0.25) is 9.59 Å². The van der Waals surface area contributed by atoms with E-state index in [-0.39, 0.29) is 11.8 Å². The van der Waals surface area contributed by atoms with Gasteiger partial charge in [-0.2, -0.15) is 0 Å². The second-order valence-corrected chi connectivity index (χ2v) is 5.63. The highest BCUT2D eigenvalue weighted by atomic mass is 32.1. The van der Waals surface area contributed by atoms with Gasteiger partial charge in [-0.05, 0) is 35.6 Å². The van der Waals surface area contributed by atoms with Crippen LogP contribution in [0.1, 0.15) is 33.2 Å². The molecule has 0 aliphatic rings. The van der Waals surface area contributed by atoms with Crippen molar-refractivity contribution in [3.05, 3.63) is 52.4 Å². The summed E-state index contributed by atoms with van der Waals surface area (Å²) in [6, 6.07) is 9.12. The van der Waals surface area contributed by atoms with Crippen molar-refractivity contribution in [2.45, 2.75) is 13.3 Å². The average molecular weight is 317 g/mol. The molecule has 22 heavy (non-hydrogen) atoms. The molecule has 0 aliphatic carbocycles. The topological polar surface area (TPSA) is 84.2 Å². The lowest BCUT2D eigenvalue weighted by Gasteiger charge is -2.07. The van der Waals surface area contributed by atoms with Crippen molar-refractivity contribution in [1.82, 2.24) is 5.32 Å². The predicted molar refractivity (Wildman–Crippen MR) is 89.5 cm³/mol. The largest absolute Gasteiger partial charge is 0.351 e. The third-order valence-electron chi connectivity index (χ3n) is 3.19. The van der Waals surface area contributed by atoms with E-state index < -0.39 is 0 Å². The summed E-state index contributed by atoms with van der Waals surface area (Å²) in [6.45, 7) is 2.84. The number of hydrogen-bond donors (Lipinski definition) is 3. The normalized spacial score (nSPS) is 10.3. The van der Waals surface area contributed by atoms with Gasteiger partial charge in [0.15, 0.2) is 0 Å². The summed E-state index contributed by atoms with van der Waals surface area (Å²) in [7, 11) is 0. The number of amides is 2. The van der Waals surface area contributed by atoms with Crippen molar-refractivity contribution in [2.75, 3.05) is 18.4 Å². The summed E-state index contributed by atoms with van der Waals surface area (Å²) in [5.41, 5.74) is 7.57. The van der Waals surface area contributed by atoms with Crippen LogP contribution in [0.15, 0.2) is 35.7 Å². The van der Waals surface area contributed by atoms with Gasteiger partial charge in [-0.15, -0.1) is 11.3 Å². The van der Waals surface area contributed by atoms with Crippen molar-refractivity contribution in [3.8, 4) is 0 Å². The highest BCUT2D eigenvalue weighted by Gasteiger charge is 2.15. The molecule has 1 aromatic carbocycles. The van der Waals surface area contributed by atoms with Gasteiger partial charge in [0.05, 0.1) is 5.56 Å². The Morgan fingerprint density at radius 3 is 2.50 bits per heavy atom. The summed E-state index contributed by atoms with van der Waals surface area (Å²) in [5.74, 6) is -0.457. The van der Waals surface area contributed by atoms with Crippen LogP contribution in [-0.4, -0.2) is 24.9 Å². The number of hydrogen-bond acceptors (Lipinski definition) is 4. The van der Waals surface area contributed by atoms with Crippen molar-refractivity contribution < 1.29 is 9.59 Å². The Balaban J connectivity index is 2.08. The molecule has 0 bridgehead atoms. The Morgan fingerprint density at radius 2 is 1.86 bits per heavy atom. The van der Waals surface area contributed by atoms with Crippen LogP contribution in [0.25, 0.3) is 0 Å². The average Bonchev–Trinajstić information content (AvgIpc) is 3.00. The van der Waals surface area contributed by atoms with Gasteiger partial charge in [-0.1, -0.05) is 19.1 Å². The number of thiophene rings is 1. The minimum atomic E-state index is -0.233. The molecule has 0 aliphatic heterocycles. The molecule has 0 spiro atoms. The van der Waals surface area contributed by atoms with Crippen LogP contribution in [0.3, 0.4) is 0 Å². The zero-order valence-electron chi connectivity index (χ0n) is 12.4. The number of anilines is 1. The first-order chi connectivity index (χ1) is 10.7. The van der Waals surface area contributed by atoms with E-state index in [4.69, 9.17) is 5.73 Å². The Hall–Kier alpha value is -2.18. The zero-order valence-corrected chi connectivity index (χ0v) is 13.2. The van der Waals surface area contributed by atoms with Crippen molar-refractivity contribution in [2.24, 2.45) is 5.73 Å². The molecular weight excluding hydrogens is 298 g/mol. The summed E-state index contributed by atoms with van der Waals surface area (Å²) in [5, 5.41) is 7.80. The number of benzene rings is 1. The molecule has 0 saturated heterocycles. The molecule has 6 heteroatoms. The molecule has 2 amide bonds. The molecule has 0 radical (unpaired) electrons. The first kappa shape index (κ1) is 16.2. The Labute approximate surface area is 133 Å². The lowest BCUT2D eigenvalue weighted by molar-refractivity contribution is 0.0956. The van der Waals surface area contributed by atoms with E-state index in [1.807, 2.05) is 12.1 Å². The summed E-state index contributed by atoms with van der Waals surface area (Å²) < 4.78 is 0. The third-order valence-corrected chi connectivity index (χ3v) is 4.02. The minimum Gasteiger partial charge on any atom is -0.351 e. The molecule has 1 aromatic heterocycles. The smallest absolute Gasteiger partial charge is 0.256 e. The van der Waals surface area contributed by atoms with E-state index in [0.29, 0.717) is 29.2 Å². The predicted octanol–water partition coefficient (Wildman–Crippen LogP) is 2.25. The number of aryl methyl sites for hydroxylation is 1. The fourth-order valence-electron chi connectivity index (χ4n) is 1.93. The van der Waals surface area contributed by atoms with E-state index in [2.05, 4.69) is 17.6 Å². The third kappa shape index (κ3) is 3.93. The van der Waals surface area contributed by atoms with Crippen LogP contribution >= 0.6 is 11.3 Å². The molecule has 0 saturated carbocycles. The van der Waals surface area contributed by atoms with Crippen LogP contribution in [0.4, 0.5) is 5.00 Å². The lowest BCUT2D eigenvalue weighted by Crippen LogP contribution is -2.29. The molecule has 116 valence electrons. The van der Waals surface area contributed by atoms with Crippen molar-refractivity contribution in [3.63, 3.8) is 0 Å². The standard InChI is InChI=1S/C16H19N3O2S/c1-2-11-3-5-12(6-4-11)14(20)19-16-13(7-10-22-16)15(21)18-9-8-17/h3-7,10H,2,8-9,17H2,1H3,(H,18,21)(H,19,20). The van der Waals surface area contributed by atoms with Crippen LogP contribution < -0.4 is 16.4 Å². The van der Waals surface area contributed by atoms with Crippen LogP contribution in [0.2, 0.25) is 0 Å². The highest BCUT2D eigenvalue weighted by Crippen LogP contribution is 2.24. The van der Waals surface area contributed by atoms with E-state index in [0.717, 1.165) is 6.42 Å². The molecular formula is C16H19N3O2S. The first-order valence-electron chi connectivity index (χ1n) is 7.11. The van der Waals surface area contributed by atoms with Gasteiger partial charge in [0.25, 0.3) is 11.8 Å². The number of nitrogens with two attached hydrogens (primary N) is 1. The fraction of sp³-hybridized carbons (Fsp3) is 0.250. The second-order valence-electron chi connectivity index (χ2n) is 4.71. The van der Waals surface area contributed by atoms with Crippen molar-refractivity contribution >= 4 is 28.2 Å². The Kier molecular flexibility index (Phi) is 5.68. The number of carbonyl (C=O) groups is 2. The van der Waals surface area contributed by atoms with Gasteiger partial charge in [0.1, 0.15) is 5.00 Å². The molecule has 0 fully saturated rings. The first-order valence-corrected chi connectivity index (χ1v) is 7.99. The maximum Gasteiger partial charge on any atom is 0.256 e. The maximum absolute atomic E-state index is 12.2. The number of nitrogens with one attached hydrogen (secondary N) is 2. The van der Waals surface area contributed by atoms with Crippen LogP contribution in [0.5, 0.6) is 0 Å². The SMILES string of the molecule is CCc1ccc(C(=O)Nc2sccc2C(=O)NCCN)cc1. The molecule has 4 N–H and O–H groups in total. The van der Waals surface area contributed by atoms with Crippen molar-refractivity contribution in [1.29, 1.82) is 0 Å².